The Morgan fingerprint density at radius 2 is 1.87 bits per heavy atom. The number of hydrogen-bond acceptors (Lipinski definition) is 3. The van der Waals surface area contributed by atoms with Crippen molar-refractivity contribution in [3.63, 3.8) is 0 Å². The lowest BCUT2D eigenvalue weighted by molar-refractivity contribution is -0.117. The van der Waals surface area contributed by atoms with Crippen LogP contribution < -0.4 is 10.2 Å². The van der Waals surface area contributed by atoms with Gasteiger partial charge < -0.3 is 15.3 Å². The first-order valence-electron chi connectivity index (χ1n) is 10.4. The summed E-state index contributed by atoms with van der Waals surface area (Å²) in [6.45, 7) is 8.10. The normalized spacial score (nSPS) is 17.7. The zero-order valence-electron chi connectivity index (χ0n) is 18.8. The lowest BCUT2D eigenvalue weighted by atomic mass is 9.87. The second-order valence-corrected chi connectivity index (χ2v) is 8.28. The van der Waals surface area contributed by atoms with E-state index < -0.39 is 6.09 Å². The number of hydrogen-bond donors (Lipinski definition) is 2. The van der Waals surface area contributed by atoms with Crippen molar-refractivity contribution >= 4 is 30.1 Å². The molecule has 31 heavy (non-hydrogen) atoms. The second kappa shape index (κ2) is 10.2. The minimum absolute atomic E-state index is 0. The fourth-order valence-corrected chi connectivity index (χ4v) is 4.54. The minimum atomic E-state index is -0.939. The molecule has 0 unspecified atom stereocenters. The van der Waals surface area contributed by atoms with E-state index in [1.807, 2.05) is 46.0 Å². The number of fused-ring (bicyclic) bond motifs is 1. The van der Waals surface area contributed by atoms with Crippen LogP contribution in [-0.4, -0.2) is 41.1 Å². The van der Waals surface area contributed by atoms with Crippen LogP contribution in [0.1, 0.15) is 51.3 Å². The predicted molar refractivity (Wildman–Crippen MR) is 127 cm³/mol. The van der Waals surface area contributed by atoms with Crippen LogP contribution in [0.3, 0.4) is 0 Å². The Kier molecular flexibility index (Phi) is 8.09. The SMILES string of the molecule is CNCc1cccc(-c2ccc3c(c2)[C@H](N(C(=O)O)C(C)C)C[C@H](C)N3C(C)=O)c1.Cl. The van der Waals surface area contributed by atoms with Crippen molar-refractivity contribution in [3.8, 4) is 11.1 Å². The van der Waals surface area contributed by atoms with Crippen molar-refractivity contribution in [2.75, 3.05) is 11.9 Å². The van der Waals surface area contributed by atoms with Crippen LogP contribution in [0, 0.1) is 0 Å². The average molecular weight is 446 g/mol. The van der Waals surface area contributed by atoms with Gasteiger partial charge in [-0.2, -0.15) is 0 Å². The van der Waals surface area contributed by atoms with Gasteiger partial charge in [-0.15, -0.1) is 12.4 Å². The largest absolute Gasteiger partial charge is 0.465 e. The highest BCUT2D eigenvalue weighted by Gasteiger charge is 2.38. The maximum Gasteiger partial charge on any atom is 0.408 e. The number of rotatable bonds is 5. The highest BCUT2D eigenvalue weighted by molar-refractivity contribution is 5.94. The molecule has 6 nitrogen and oxygen atoms in total. The highest BCUT2D eigenvalue weighted by atomic mass is 35.5. The van der Waals surface area contributed by atoms with Crippen LogP contribution in [0.2, 0.25) is 0 Å². The smallest absolute Gasteiger partial charge is 0.408 e. The lowest BCUT2D eigenvalue weighted by Crippen LogP contribution is -2.48. The first-order valence-corrected chi connectivity index (χ1v) is 10.4. The summed E-state index contributed by atoms with van der Waals surface area (Å²) in [6.07, 6.45) is -0.369. The summed E-state index contributed by atoms with van der Waals surface area (Å²) < 4.78 is 0. The number of halogens is 1. The molecule has 1 aliphatic rings. The summed E-state index contributed by atoms with van der Waals surface area (Å²) >= 11 is 0. The van der Waals surface area contributed by atoms with Gasteiger partial charge in [0.2, 0.25) is 5.91 Å². The van der Waals surface area contributed by atoms with E-state index in [-0.39, 0.29) is 36.4 Å². The molecule has 1 aliphatic heterocycles. The van der Waals surface area contributed by atoms with Crippen LogP contribution >= 0.6 is 12.4 Å². The monoisotopic (exact) mass is 445 g/mol. The molecule has 0 fully saturated rings. The van der Waals surface area contributed by atoms with E-state index in [9.17, 15) is 14.7 Å². The predicted octanol–water partition coefficient (Wildman–Crippen LogP) is 5.07. The maximum absolute atomic E-state index is 12.4. The van der Waals surface area contributed by atoms with Crippen molar-refractivity contribution in [1.29, 1.82) is 0 Å². The van der Waals surface area contributed by atoms with Crippen molar-refractivity contribution in [1.82, 2.24) is 10.2 Å². The molecule has 0 aliphatic carbocycles. The molecule has 1 heterocycles. The van der Waals surface area contributed by atoms with E-state index in [0.717, 1.165) is 28.9 Å². The van der Waals surface area contributed by atoms with E-state index in [0.29, 0.717) is 6.42 Å². The summed E-state index contributed by atoms with van der Waals surface area (Å²) in [5, 5.41) is 13.1. The first kappa shape index (κ1) is 24.7. The molecule has 7 heteroatoms. The third-order valence-electron chi connectivity index (χ3n) is 5.74. The molecule has 3 rings (SSSR count). The fraction of sp³-hybridized carbons (Fsp3) is 0.417. The molecule has 0 aromatic heterocycles. The van der Waals surface area contributed by atoms with Crippen molar-refractivity contribution in [2.24, 2.45) is 0 Å². The Balaban J connectivity index is 0.00000341. The first-order chi connectivity index (χ1) is 14.2. The molecule has 0 saturated carbocycles. The van der Waals surface area contributed by atoms with Crippen LogP contribution in [0.4, 0.5) is 10.5 Å². The zero-order valence-corrected chi connectivity index (χ0v) is 19.6. The average Bonchev–Trinajstić information content (AvgIpc) is 2.67. The Labute approximate surface area is 190 Å². The van der Waals surface area contributed by atoms with Gasteiger partial charge in [-0.3, -0.25) is 9.69 Å². The van der Waals surface area contributed by atoms with E-state index in [1.165, 1.54) is 10.5 Å². The molecular formula is C24H32ClN3O3. The number of carbonyl (C=O) groups is 2. The van der Waals surface area contributed by atoms with Gasteiger partial charge in [-0.1, -0.05) is 24.3 Å². The third kappa shape index (κ3) is 5.02. The molecule has 0 radical (unpaired) electrons. The van der Waals surface area contributed by atoms with Gasteiger partial charge in [0.1, 0.15) is 0 Å². The molecule has 2 amide bonds. The van der Waals surface area contributed by atoms with Crippen LogP contribution in [0.25, 0.3) is 11.1 Å². The van der Waals surface area contributed by atoms with E-state index in [4.69, 9.17) is 0 Å². The second-order valence-electron chi connectivity index (χ2n) is 8.28. The molecular weight excluding hydrogens is 414 g/mol. The number of carbonyl (C=O) groups excluding carboxylic acids is 1. The molecule has 168 valence electrons. The van der Waals surface area contributed by atoms with Gasteiger partial charge in [-0.05, 0) is 74.7 Å². The number of nitrogens with zero attached hydrogens (tertiary/aromatic N) is 2. The molecule has 0 spiro atoms. The number of benzene rings is 2. The number of amides is 2. The summed E-state index contributed by atoms with van der Waals surface area (Å²) in [5.74, 6) is -0.0302. The van der Waals surface area contributed by atoms with Crippen molar-refractivity contribution < 1.29 is 14.7 Å². The van der Waals surface area contributed by atoms with Crippen LogP contribution in [-0.2, 0) is 11.3 Å². The topological polar surface area (TPSA) is 72.9 Å². The highest BCUT2D eigenvalue weighted by Crippen LogP contribution is 2.43. The minimum Gasteiger partial charge on any atom is -0.465 e. The third-order valence-corrected chi connectivity index (χ3v) is 5.74. The summed E-state index contributed by atoms with van der Waals surface area (Å²) in [6, 6.07) is 13.8. The van der Waals surface area contributed by atoms with Crippen LogP contribution in [0.15, 0.2) is 42.5 Å². The molecule has 0 saturated heterocycles. The number of anilines is 1. The number of carboxylic acid groups (broad SMARTS) is 1. The van der Waals surface area contributed by atoms with Gasteiger partial charge >= 0.3 is 6.09 Å². The zero-order chi connectivity index (χ0) is 22.0. The Morgan fingerprint density at radius 1 is 1.19 bits per heavy atom. The van der Waals surface area contributed by atoms with E-state index in [1.54, 1.807) is 11.8 Å². The molecule has 2 atom stereocenters. The Hall–Kier alpha value is -2.57. The van der Waals surface area contributed by atoms with Crippen molar-refractivity contribution in [2.45, 2.75) is 58.8 Å². The van der Waals surface area contributed by atoms with Crippen molar-refractivity contribution in [3.05, 3.63) is 53.6 Å². The fourth-order valence-electron chi connectivity index (χ4n) is 4.54. The number of nitrogens with one attached hydrogen (secondary N) is 1. The summed E-state index contributed by atoms with van der Waals surface area (Å²) in [7, 11) is 1.92. The van der Waals surface area contributed by atoms with Gasteiger partial charge in [0.15, 0.2) is 0 Å². The molecule has 0 bridgehead atoms. The molecule has 2 aromatic rings. The quantitative estimate of drug-likeness (QED) is 0.673. The Morgan fingerprint density at radius 3 is 2.45 bits per heavy atom. The summed E-state index contributed by atoms with van der Waals surface area (Å²) in [5.41, 5.74) is 4.95. The molecule has 2 N–H and O–H groups in total. The maximum atomic E-state index is 12.4. The van der Waals surface area contributed by atoms with Gasteiger partial charge in [-0.25, -0.2) is 4.79 Å². The lowest BCUT2D eigenvalue weighted by Gasteiger charge is -2.43. The van der Waals surface area contributed by atoms with Crippen LogP contribution in [0.5, 0.6) is 0 Å². The van der Waals surface area contributed by atoms with Gasteiger partial charge in [0.05, 0.1) is 6.04 Å². The van der Waals surface area contributed by atoms with E-state index >= 15 is 0 Å². The molecule has 2 aromatic carbocycles. The van der Waals surface area contributed by atoms with E-state index in [2.05, 4.69) is 29.6 Å². The summed E-state index contributed by atoms with van der Waals surface area (Å²) in [4.78, 5) is 27.8. The van der Waals surface area contributed by atoms with Gasteiger partial charge in [0, 0.05) is 31.2 Å². The standard InChI is InChI=1S/C24H31N3O3.ClH/c1-15(2)26(24(29)30)23-11-16(3)27(17(4)28)22-10-9-20(13-21(22)23)19-8-6-7-18(12-19)14-25-5;/h6-10,12-13,15-16,23,25H,11,14H2,1-5H3,(H,29,30);1H/t16-,23+;/m0./s1. The van der Waals surface area contributed by atoms with Gasteiger partial charge in [0.25, 0.3) is 0 Å². The Bertz CT molecular complexity index is 947.